The molecule has 1 aromatic rings. The van der Waals surface area contributed by atoms with Crippen molar-refractivity contribution in [1.82, 2.24) is 4.90 Å². The van der Waals surface area contributed by atoms with Crippen LogP contribution in [0.5, 0.6) is 11.5 Å². The van der Waals surface area contributed by atoms with Gasteiger partial charge in [0.05, 0.1) is 14.2 Å². The molecule has 1 aliphatic heterocycles. The molecule has 0 radical (unpaired) electrons. The third kappa shape index (κ3) is 8.27. The number of ether oxygens (including phenoxy) is 2. The summed E-state index contributed by atoms with van der Waals surface area (Å²) in [5.74, 6) is 1.62. The molecule has 1 heterocycles. The summed E-state index contributed by atoms with van der Waals surface area (Å²) < 4.78 is 10.0. The average Bonchev–Trinajstić information content (AvgIpc) is 2.61. The van der Waals surface area contributed by atoms with Crippen molar-refractivity contribution >= 4 is 0 Å². The van der Waals surface area contributed by atoms with Crippen LogP contribution < -0.4 is 4.74 Å². The zero-order valence-corrected chi connectivity index (χ0v) is 15.4. The van der Waals surface area contributed by atoms with E-state index in [1.54, 1.807) is 19.2 Å². The van der Waals surface area contributed by atoms with Crippen LogP contribution in [0, 0.1) is 6.92 Å². The maximum atomic E-state index is 9.17. The minimum Gasteiger partial charge on any atom is -0.504 e. The normalized spacial score (nSPS) is 19.4. The lowest BCUT2D eigenvalue weighted by Crippen LogP contribution is -2.24. The number of phenolic OH excluding ortho intramolecular Hbond substituents is 1. The fraction of sp³-hybridized carbons (Fsp3) is 0.333. The van der Waals surface area contributed by atoms with Crippen molar-refractivity contribution in [2.75, 3.05) is 33.9 Å². The second kappa shape index (κ2) is 12.0. The van der Waals surface area contributed by atoms with E-state index in [2.05, 4.69) is 23.6 Å². The van der Waals surface area contributed by atoms with Gasteiger partial charge in [0.15, 0.2) is 11.5 Å². The first-order chi connectivity index (χ1) is 12.1. The van der Waals surface area contributed by atoms with Gasteiger partial charge in [-0.3, -0.25) is 4.90 Å². The zero-order chi connectivity index (χ0) is 18.5. The van der Waals surface area contributed by atoms with Crippen LogP contribution in [0.25, 0.3) is 0 Å². The van der Waals surface area contributed by atoms with Crippen LogP contribution in [0.15, 0.2) is 67.0 Å². The standard InChI is InChI=1S/C13H19NO.C8H10O2/c1-3-10-14-11-6-4-8-13(15-2)9-5-7-12-14;1-6-3-4-8(10-2)7(9)5-6/h3-6,8-9H,1,7,10-12H2,2H3;3-5,9H,1-2H3/b6-4+,9-5+,13-8+;. The number of allylic oxidation sites excluding steroid dienone is 3. The predicted molar refractivity (Wildman–Crippen MR) is 104 cm³/mol. The van der Waals surface area contributed by atoms with Gasteiger partial charge in [-0.1, -0.05) is 30.4 Å². The number of benzene rings is 1. The first kappa shape index (κ1) is 20.6. The molecular formula is C21H29NO3. The molecule has 1 N–H and O–H groups in total. The number of aryl methyl sites for hydroxylation is 1. The van der Waals surface area contributed by atoms with Crippen LogP contribution in [0.1, 0.15) is 12.0 Å². The third-order valence-electron chi connectivity index (χ3n) is 3.61. The minimum atomic E-state index is 0.197. The molecule has 0 saturated carbocycles. The van der Waals surface area contributed by atoms with Gasteiger partial charge < -0.3 is 14.6 Å². The lowest BCUT2D eigenvalue weighted by Gasteiger charge is -2.17. The second-order valence-corrected chi connectivity index (χ2v) is 5.62. The first-order valence-electron chi connectivity index (χ1n) is 8.35. The Hall–Kier alpha value is -2.46. The highest BCUT2D eigenvalue weighted by Gasteiger charge is 1.99. The Kier molecular flexibility index (Phi) is 9.87. The number of rotatable bonds is 4. The van der Waals surface area contributed by atoms with Gasteiger partial charge in [0, 0.05) is 19.6 Å². The number of hydrogen-bond donors (Lipinski definition) is 1. The topological polar surface area (TPSA) is 41.9 Å². The van der Waals surface area contributed by atoms with Crippen molar-refractivity contribution in [2.45, 2.75) is 13.3 Å². The molecule has 0 unspecified atom stereocenters. The molecule has 0 bridgehead atoms. The monoisotopic (exact) mass is 343 g/mol. The maximum Gasteiger partial charge on any atom is 0.160 e. The van der Waals surface area contributed by atoms with Crippen molar-refractivity contribution in [3.63, 3.8) is 0 Å². The molecule has 25 heavy (non-hydrogen) atoms. The second-order valence-electron chi connectivity index (χ2n) is 5.62. The quantitative estimate of drug-likeness (QED) is 0.831. The van der Waals surface area contributed by atoms with E-state index in [1.807, 2.05) is 37.3 Å². The minimum absolute atomic E-state index is 0.197. The van der Waals surface area contributed by atoms with E-state index in [0.717, 1.165) is 37.4 Å². The Morgan fingerprint density at radius 2 is 2.04 bits per heavy atom. The fourth-order valence-corrected chi connectivity index (χ4v) is 2.26. The molecule has 0 aromatic heterocycles. The van der Waals surface area contributed by atoms with Crippen molar-refractivity contribution in [3.8, 4) is 11.5 Å². The highest BCUT2D eigenvalue weighted by atomic mass is 16.5. The summed E-state index contributed by atoms with van der Waals surface area (Å²) in [5.41, 5.74) is 1.03. The van der Waals surface area contributed by atoms with Crippen LogP contribution in [0.3, 0.4) is 0 Å². The highest BCUT2D eigenvalue weighted by molar-refractivity contribution is 5.41. The summed E-state index contributed by atoms with van der Waals surface area (Å²) in [5, 5.41) is 9.17. The van der Waals surface area contributed by atoms with Crippen LogP contribution in [-0.4, -0.2) is 43.9 Å². The van der Waals surface area contributed by atoms with Crippen LogP contribution in [0.4, 0.5) is 0 Å². The molecule has 0 amide bonds. The molecule has 0 aliphatic carbocycles. The Labute approximate surface area is 151 Å². The number of nitrogens with zero attached hydrogens (tertiary/aromatic N) is 1. The molecule has 0 fully saturated rings. The van der Waals surface area contributed by atoms with E-state index in [4.69, 9.17) is 14.6 Å². The van der Waals surface area contributed by atoms with Crippen LogP contribution in [0.2, 0.25) is 0 Å². The van der Waals surface area contributed by atoms with Gasteiger partial charge >= 0.3 is 0 Å². The lowest BCUT2D eigenvalue weighted by atomic mass is 10.2. The zero-order valence-electron chi connectivity index (χ0n) is 15.4. The molecule has 136 valence electrons. The summed E-state index contributed by atoms with van der Waals surface area (Å²) >= 11 is 0. The summed E-state index contributed by atoms with van der Waals surface area (Å²) in [6.45, 7) is 8.64. The smallest absolute Gasteiger partial charge is 0.160 e. The molecule has 1 aliphatic rings. The van der Waals surface area contributed by atoms with Gasteiger partial charge in [-0.2, -0.15) is 0 Å². The Bertz CT molecular complexity index is 618. The number of hydrogen-bond acceptors (Lipinski definition) is 4. The van der Waals surface area contributed by atoms with Gasteiger partial charge in [-0.05, 0) is 43.2 Å². The molecule has 0 saturated heterocycles. The summed E-state index contributed by atoms with van der Waals surface area (Å²) in [6, 6.07) is 5.29. The predicted octanol–water partition coefficient (Wildman–Crippen LogP) is 4.23. The van der Waals surface area contributed by atoms with Gasteiger partial charge in [0.2, 0.25) is 0 Å². The molecular weight excluding hydrogens is 314 g/mol. The van der Waals surface area contributed by atoms with E-state index >= 15 is 0 Å². The van der Waals surface area contributed by atoms with Crippen molar-refractivity contribution in [1.29, 1.82) is 0 Å². The molecule has 2 rings (SSSR count). The number of methoxy groups -OCH3 is 2. The van der Waals surface area contributed by atoms with Crippen LogP contribution in [-0.2, 0) is 4.74 Å². The molecule has 1 aromatic carbocycles. The molecule has 0 spiro atoms. The lowest BCUT2D eigenvalue weighted by molar-refractivity contribution is 0.305. The highest BCUT2D eigenvalue weighted by Crippen LogP contribution is 2.25. The number of aromatic hydroxyl groups is 1. The Morgan fingerprint density at radius 3 is 2.68 bits per heavy atom. The van der Waals surface area contributed by atoms with Crippen molar-refractivity contribution in [3.05, 3.63) is 72.6 Å². The summed E-state index contributed by atoms with van der Waals surface area (Å²) in [7, 11) is 3.23. The van der Waals surface area contributed by atoms with Crippen LogP contribution >= 0.6 is 0 Å². The van der Waals surface area contributed by atoms with Gasteiger partial charge in [0.25, 0.3) is 0 Å². The van der Waals surface area contributed by atoms with Gasteiger partial charge in [0.1, 0.15) is 5.76 Å². The van der Waals surface area contributed by atoms with Crippen molar-refractivity contribution in [2.24, 2.45) is 0 Å². The van der Waals surface area contributed by atoms with E-state index in [-0.39, 0.29) is 5.75 Å². The maximum absolute atomic E-state index is 9.17. The van der Waals surface area contributed by atoms with Gasteiger partial charge in [-0.15, -0.1) is 6.58 Å². The fourth-order valence-electron chi connectivity index (χ4n) is 2.26. The van der Waals surface area contributed by atoms with E-state index in [9.17, 15) is 0 Å². The van der Waals surface area contributed by atoms with E-state index in [1.165, 1.54) is 7.11 Å². The first-order valence-corrected chi connectivity index (χ1v) is 8.35. The molecule has 4 heteroatoms. The summed E-state index contributed by atoms with van der Waals surface area (Å²) in [6.07, 6.45) is 13.3. The summed E-state index contributed by atoms with van der Waals surface area (Å²) in [4.78, 5) is 2.35. The largest absolute Gasteiger partial charge is 0.504 e. The van der Waals surface area contributed by atoms with E-state index < -0.39 is 0 Å². The average molecular weight is 343 g/mol. The Balaban J connectivity index is 0.000000271. The van der Waals surface area contributed by atoms with E-state index in [0.29, 0.717) is 5.75 Å². The molecule has 4 nitrogen and oxygen atoms in total. The third-order valence-corrected chi connectivity index (χ3v) is 3.61. The van der Waals surface area contributed by atoms with Crippen molar-refractivity contribution < 1.29 is 14.6 Å². The van der Waals surface area contributed by atoms with Gasteiger partial charge in [-0.25, -0.2) is 0 Å². The number of phenols is 1. The molecule has 0 atom stereocenters. The SMILES string of the molecule is C=CCN1C/C=C/C=C(OC)\C=C\CC1.COc1ccc(C)cc1O. The Morgan fingerprint density at radius 1 is 1.24 bits per heavy atom.